The van der Waals surface area contributed by atoms with Gasteiger partial charge in [-0.25, -0.2) is 4.79 Å². The van der Waals surface area contributed by atoms with E-state index < -0.39 is 0 Å². The summed E-state index contributed by atoms with van der Waals surface area (Å²) in [6.45, 7) is 1.97. The molecule has 5 heteroatoms. The van der Waals surface area contributed by atoms with Gasteiger partial charge in [-0.15, -0.1) is 0 Å². The van der Waals surface area contributed by atoms with Crippen molar-refractivity contribution in [3.05, 3.63) is 67.8 Å². The van der Waals surface area contributed by atoms with Crippen LogP contribution in [-0.4, -0.2) is 6.03 Å². The zero-order valence-electron chi connectivity index (χ0n) is 11.4. The molecule has 108 valence electrons. The molecule has 2 amide bonds. The molecule has 0 bridgehead atoms. The number of nitrogens with one attached hydrogen (secondary N) is 2. The summed E-state index contributed by atoms with van der Waals surface area (Å²) in [5, 5.41) is 5.51. The predicted octanol–water partition coefficient (Wildman–Crippen LogP) is 5.15. The topological polar surface area (TPSA) is 41.1 Å². The molecule has 2 aromatic carbocycles. The number of rotatable bonds is 3. The number of urea groups is 1. The average Bonchev–Trinajstić information content (AvgIpc) is 2.44. The molecular formula is C16H14BrIN2O. The highest BCUT2D eigenvalue weighted by atomic mass is 127. The van der Waals surface area contributed by atoms with Gasteiger partial charge in [0.25, 0.3) is 0 Å². The lowest BCUT2D eigenvalue weighted by Crippen LogP contribution is -2.24. The number of halogens is 2. The van der Waals surface area contributed by atoms with Crippen molar-refractivity contribution in [2.45, 2.75) is 6.92 Å². The van der Waals surface area contributed by atoms with Crippen LogP contribution in [0, 0.1) is 10.5 Å². The van der Waals surface area contributed by atoms with Gasteiger partial charge in [0.05, 0.1) is 0 Å². The van der Waals surface area contributed by atoms with Gasteiger partial charge in [0, 0.05) is 19.9 Å². The Morgan fingerprint density at radius 1 is 1.19 bits per heavy atom. The molecule has 3 nitrogen and oxygen atoms in total. The van der Waals surface area contributed by atoms with Crippen LogP contribution in [0.25, 0.3) is 6.08 Å². The fraction of sp³-hybridized carbons (Fsp3) is 0.0625. The van der Waals surface area contributed by atoms with Crippen LogP contribution in [0.4, 0.5) is 10.5 Å². The van der Waals surface area contributed by atoms with E-state index in [1.807, 2.05) is 55.5 Å². The van der Waals surface area contributed by atoms with Crippen molar-refractivity contribution in [2.75, 3.05) is 5.32 Å². The molecule has 0 aliphatic heterocycles. The second kappa shape index (κ2) is 7.61. The highest BCUT2D eigenvalue weighted by Crippen LogP contribution is 2.17. The third-order valence-electron chi connectivity index (χ3n) is 2.80. The summed E-state index contributed by atoms with van der Waals surface area (Å²) in [6.07, 6.45) is 3.47. The molecule has 0 aliphatic carbocycles. The first kappa shape index (κ1) is 16.0. The van der Waals surface area contributed by atoms with E-state index in [1.165, 1.54) is 0 Å². The number of carbonyl (C=O) groups is 1. The van der Waals surface area contributed by atoms with E-state index in [0.717, 1.165) is 24.9 Å². The lowest BCUT2D eigenvalue weighted by molar-refractivity contribution is 0.255. The third-order valence-corrected chi connectivity index (χ3v) is 4.00. The summed E-state index contributed by atoms with van der Waals surface area (Å²) >= 11 is 5.63. The van der Waals surface area contributed by atoms with Crippen molar-refractivity contribution in [3.63, 3.8) is 0 Å². The van der Waals surface area contributed by atoms with Gasteiger partial charge in [0.2, 0.25) is 0 Å². The fourth-order valence-electron chi connectivity index (χ4n) is 1.71. The molecule has 2 N–H and O–H groups in total. The average molecular weight is 457 g/mol. The van der Waals surface area contributed by atoms with Gasteiger partial charge in [-0.1, -0.05) is 28.1 Å². The quantitative estimate of drug-likeness (QED) is 0.615. The molecule has 2 aromatic rings. The molecule has 0 atom stereocenters. The Balaban J connectivity index is 1.91. The zero-order valence-corrected chi connectivity index (χ0v) is 15.1. The highest BCUT2D eigenvalue weighted by molar-refractivity contribution is 14.1. The highest BCUT2D eigenvalue weighted by Gasteiger charge is 2.02. The number of hydrogen-bond acceptors (Lipinski definition) is 1. The van der Waals surface area contributed by atoms with Crippen molar-refractivity contribution in [1.29, 1.82) is 0 Å². The van der Waals surface area contributed by atoms with E-state index in [2.05, 4.69) is 49.2 Å². The van der Waals surface area contributed by atoms with Crippen LogP contribution in [0.3, 0.4) is 0 Å². The Bertz CT molecular complexity index is 668. The van der Waals surface area contributed by atoms with Crippen molar-refractivity contribution in [3.8, 4) is 0 Å². The third kappa shape index (κ3) is 5.17. The molecular weight excluding hydrogens is 443 g/mol. The Kier molecular flexibility index (Phi) is 5.81. The minimum Gasteiger partial charge on any atom is -0.314 e. The largest absolute Gasteiger partial charge is 0.323 e. The molecule has 0 unspecified atom stereocenters. The number of aryl methyl sites for hydroxylation is 1. The van der Waals surface area contributed by atoms with Gasteiger partial charge < -0.3 is 10.6 Å². The monoisotopic (exact) mass is 456 g/mol. The van der Waals surface area contributed by atoms with Crippen LogP contribution in [-0.2, 0) is 0 Å². The fourth-order valence-corrected chi connectivity index (χ4v) is 2.62. The summed E-state index contributed by atoms with van der Waals surface area (Å²) in [5.74, 6) is 0. The van der Waals surface area contributed by atoms with E-state index in [9.17, 15) is 4.79 Å². The van der Waals surface area contributed by atoms with Gasteiger partial charge >= 0.3 is 6.03 Å². The Hall–Kier alpha value is -1.34. The minimum absolute atomic E-state index is 0.257. The van der Waals surface area contributed by atoms with E-state index in [-0.39, 0.29) is 6.03 Å². The molecule has 0 aliphatic rings. The Morgan fingerprint density at radius 2 is 1.90 bits per heavy atom. The van der Waals surface area contributed by atoms with E-state index >= 15 is 0 Å². The van der Waals surface area contributed by atoms with Crippen LogP contribution in [0.5, 0.6) is 0 Å². The Labute approximate surface area is 146 Å². The Morgan fingerprint density at radius 3 is 2.57 bits per heavy atom. The minimum atomic E-state index is -0.257. The molecule has 0 fully saturated rings. The number of anilines is 1. The SMILES string of the molecule is Cc1cc(I)ccc1NC(=O)N/C=C/c1ccc(Br)cc1. The second-order valence-corrected chi connectivity index (χ2v) is 6.60. The van der Waals surface area contributed by atoms with Crippen molar-refractivity contribution < 1.29 is 4.79 Å². The molecule has 0 spiro atoms. The van der Waals surface area contributed by atoms with Gasteiger partial charge in [0.15, 0.2) is 0 Å². The van der Waals surface area contributed by atoms with Crippen molar-refractivity contribution in [2.24, 2.45) is 0 Å². The lowest BCUT2D eigenvalue weighted by atomic mass is 10.2. The maximum absolute atomic E-state index is 11.8. The molecule has 0 radical (unpaired) electrons. The first-order valence-electron chi connectivity index (χ1n) is 6.30. The summed E-state index contributed by atoms with van der Waals surface area (Å²) in [5.41, 5.74) is 2.86. The maximum Gasteiger partial charge on any atom is 0.323 e. The summed E-state index contributed by atoms with van der Waals surface area (Å²) < 4.78 is 2.17. The first-order chi connectivity index (χ1) is 10.0. The van der Waals surface area contributed by atoms with Crippen molar-refractivity contribution >= 4 is 56.3 Å². The molecule has 0 saturated heterocycles. The molecule has 0 saturated carbocycles. The van der Waals surface area contributed by atoms with Crippen molar-refractivity contribution in [1.82, 2.24) is 5.32 Å². The van der Waals surface area contributed by atoms with Crippen LogP contribution in [0.2, 0.25) is 0 Å². The van der Waals surface area contributed by atoms with Gasteiger partial charge in [0.1, 0.15) is 0 Å². The number of benzene rings is 2. The number of hydrogen-bond donors (Lipinski definition) is 2. The first-order valence-corrected chi connectivity index (χ1v) is 8.17. The van der Waals surface area contributed by atoms with E-state index in [0.29, 0.717) is 0 Å². The normalized spacial score (nSPS) is 10.6. The predicted molar refractivity (Wildman–Crippen MR) is 99.2 cm³/mol. The van der Waals surface area contributed by atoms with Gasteiger partial charge in [-0.2, -0.15) is 0 Å². The van der Waals surface area contributed by atoms with Crippen LogP contribution in [0.15, 0.2) is 53.1 Å². The standard InChI is InChI=1S/C16H14BrIN2O/c1-11-10-14(18)6-7-15(11)20-16(21)19-9-8-12-2-4-13(17)5-3-12/h2-10H,1H3,(H2,19,20,21)/b9-8+. The van der Waals surface area contributed by atoms with Crippen LogP contribution >= 0.6 is 38.5 Å². The van der Waals surface area contributed by atoms with Crippen LogP contribution < -0.4 is 10.6 Å². The van der Waals surface area contributed by atoms with E-state index in [4.69, 9.17) is 0 Å². The van der Waals surface area contributed by atoms with E-state index in [1.54, 1.807) is 6.20 Å². The summed E-state index contributed by atoms with van der Waals surface area (Å²) in [6, 6.07) is 13.5. The maximum atomic E-state index is 11.8. The number of carbonyl (C=O) groups excluding carboxylic acids is 1. The molecule has 2 rings (SSSR count). The van der Waals surface area contributed by atoms with Gasteiger partial charge in [-0.3, -0.25) is 0 Å². The molecule has 0 aromatic heterocycles. The lowest BCUT2D eigenvalue weighted by Gasteiger charge is -2.08. The smallest absolute Gasteiger partial charge is 0.314 e. The van der Waals surface area contributed by atoms with Gasteiger partial charge in [-0.05, 0) is 77.0 Å². The molecule has 0 heterocycles. The zero-order chi connectivity index (χ0) is 15.2. The second-order valence-electron chi connectivity index (χ2n) is 4.44. The summed E-state index contributed by atoms with van der Waals surface area (Å²) in [4.78, 5) is 11.8. The van der Waals surface area contributed by atoms with Crippen LogP contribution in [0.1, 0.15) is 11.1 Å². The molecule has 21 heavy (non-hydrogen) atoms. The summed E-state index contributed by atoms with van der Waals surface area (Å²) in [7, 11) is 0. The number of amides is 2.